The van der Waals surface area contributed by atoms with E-state index in [0.717, 1.165) is 21.3 Å². The second-order valence-corrected chi connectivity index (χ2v) is 6.35. The van der Waals surface area contributed by atoms with Crippen molar-refractivity contribution in [3.63, 3.8) is 0 Å². The predicted molar refractivity (Wildman–Crippen MR) is 96.5 cm³/mol. The highest BCUT2D eigenvalue weighted by Crippen LogP contribution is 2.24. The molecule has 0 spiro atoms. The molecular weight excluding hydrogens is 370 g/mol. The van der Waals surface area contributed by atoms with E-state index >= 15 is 0 Å². The second kappa shape index (κ2) is 6.98. The van der Waals surface area contributed by atoms with Gasteiger partial charge in [-0.05, 0) is 42.3 Å². The van der Waals surface area contributed by atoms with E-state index in [9.17, 15) is 9.90 Å². The van der Waals surface area contributed by atoms with Crippen LogP contribution in [-0.2, 0) is 4.79 Å². The zero-order valence-electron chi connectivity index (χ0n) is 13.0. The van der Waals surface area contributed by atoms with Crippen LogP contribution in [0, 0.1) is 6.92 Å². The average Bonchev–Trinajstić information content (AvgIpc) is 3.01. The first-order valence-electron chi connectivity index (χ1n) is 7.39. The topological polar surface area (TPSA) is 78.0 Å². The standard InChI is InChI=1S/C18H16BrN3O2/c1-11-16(10-20-22-11)12-4-8-15(9-5-12)21-18(24)17(23)13-2-6-14(19)7-3-13/h2-10,17,23H,1H3,(H,20,22)(H,21,24). The molecule has 0 radical (unpaired) electrons. The molecule has 0 aliphatic rings. The summed E-state index contributed by atoms with van der Waals surface area (Å²) in [5.74, 6) is -0.468. The Labute approximate surface area is 147 Å². The van der Waals surface area contributed by atoms with Gasteiger partial charge >= 0.3 is 0 Å². The van der Waals surface area contributed by atoms with Gasteiger partial charge in [0.15, 0.2) is 6.10 Å². The maximum Gasteiger partial charge on any atom is 0.257 e. The van der Waals surface area contributed by atoms with Gasteiger partial charge in [-0.1, -0.05) is 40.2 Å². The van der Waals surface area contributed by atoms with Crippen LogP contribution in [0.2, 0.25) is 0 Å². The number of nitrogens with one attached hydrogen (secondary N) is 2. The Morgan fingerprint density at radius 2 is 1.83 bits per heavy atom. The number of nitrogens with zero attached hydrogens (tertiary/aromatic N) is 1. The van der Waals surface area contributed by atoms with E-state index in [0.29, 0.717) is 11.3 Å². The van der Waals surface area contributed by atoms with Crippen LogP contribution in [0.1, 0.15) is 17.4 Å². The van der Waals surface area contributed by atoms with Crippen LogP contribution < -0.4 is 5.32 Å². The molecular formula is C18H16BrN3O2. The molecule has 0 aliphatic carbocycles. The number of rotatable bonds is 4. The molecule has 3 N–H and O–H groups in total. The van der Waals surface area contributed by atoms with Crippen LogP contribution in [0.15, 0.2) is 59.2 Å². The maximum atomic E-state index is 12.2. The van der Waals surface area contributed by atoms with E-state index in [4.69, 9.17) is 0 Å². The van der Waals surface area contributed by atoms with Crippen LogP contribution in [-0.4, -0.2) is 21.2 Å². The molecule has 122 valence electrons. The van der Waals surface area contributed by atoms with Gasteiger partial charge in [0.25, 0.3) is 5.91 Å². The van der Waals surface area contributed by atoms with Crippen LogP contribution in [0.3, 0.4) is 0 Å². The molecule has 0 fully saturated rings. The summed E-state index contributed by atoms with van der Waals surface area (Å²) in [6, 6.07) is 14.4. The third-order valence-corrected chi connectivity index (χ3v) is 4.26. The largest absolute Gasteiger partial charge is 0.378 e. The summed E-state index contributed by atoms with van der Waals surface area (Å²) < 4.78 is 0.893. The van der Waals surface area contributed by atoms with Gasteiger partial charge in [-0.25, -0.2) is 0 Å². The van der Waals surface area contributed by atoms with Crippen LogP contribution in [0.25, 0.3) is 11.1 Å². The smallest absolute Gasteiger partial charge is 0.257 e. The lowest BCUT2D eigenvalue weighted by molar-refractivity contribution is -0.124. The summed E-state index contributed by atoms with van der Waals surface area (Å²) in [6.07, 6.45) is 0.550. The third-order valence-electron chi connectivity index (χ3n) is 3.73. The molecule has 1 atom stereocenters. The number of hydrogen-bond acceptors (Lipinski definition) is 3. The number of aromatic nitrogens is 2. The Kier molecular flexibility index (Phi) is 4.78. The molecule has 1 amide bonds. The van der Waals surface area contributed by atoms with Crippen molar-refractivity contribution < 1.29 is 9.90 Å². The van der Waals surface area contributed by atoms with Crippen molar-refractivity contribution >= 4 is 27.5 Å². The lowest BCUT2D eigenvalue weighted by Crippen LogP contribution is -2.20. The summed E-state index contributed by atoms with van der Waals surface area (Å²) in [5, 5.41) is 19.8. The highest BCUT2D eigenvalue weighted by Gasteiger charge is 2.17. The Morgan fingerprint density at radius 1 is 1.17 bits per heavy atom. The first-order chi connectivity index (χ1) is 11.5. The van der Waals surface area contributed by atoms with Crippen LogP contribution >= 0.6 is 15.9 Å². The fourth-order valence-corrected chi connectivity index (χ4v) is 2.65. The monoisotopic (exact) mass is 385 g/mol. The number of carbonyl (C=O) groups excluding carboxylic acids is 1. The highest BCUT2D eigenvalue weighted by atomic mass is 79.9. The van der Waals surface area contributed by atoms with Gasteiger partial charge in [-0.15, -0.1) is 0 Å². The Hall–Kier alpha value is -2.44. The van der Waals surface area contributed by atoms with Crippen LogP contribution in [0.4, 0.5) is 5.69 Å². The van der Waals surface area contributed by atoms with Crippen molar-refractivity contribution in [2.24, 2.45) is 0 Å². The maximum absolute atomic E-state index is 12.2. The quantitative estimate of drug-likeness (QED) is 0.638. The molecule has 0 bridgehead atoms. The van der Waals surface area contributed by atoms with Gasteiger partial charge in [0.2, 0.25) is 0 Å². The molecule has 2 aromatic carbocycles. The fraction of sp³-hybridized carbons (Fsp3) is 0.111. The summed E-state index contributed by atoms with van der Waals surface area (Å²) in [7, 11) is 0. The predicted octanol–water partition coefficient (Wildman–Crippen LogP) is 3.82. The minimum absolute atomic E-state index is 0.468. The van der Waals surface area contributed by atoms with Gasteiger partial charge in [0.1, 0.15) is 0 Å². The van der Waals surface area contributed by atoms with E-state index in [1.165, 1.54) is 0 Å². The van der Waals surface area contributed by atoms with Crippen molar-refractivity contribution in [3.05, 3.63) is 70.5 Å². The lowest BCUT2D eigenvalue weighted by Gasteiger charge is -2.12. The molecule has 24 heavy (non-hydrogen) atoms. The number of H-pyrrole nitrogens is 1. The van der Waals surface area contributed by atoms with Gasteiger partial charge in [0.05, 0.1) is 6.20 Å². The Morgan fingerprint density at radius 3 is 2.42 bits per heavy atom. The first-order valence-corrected chi connectivity index (χ1v) is 8.18. The zero-order valence-corrected chi connectivity index (χ0v) is 14.5. The molecule has 1 unspecified atom stereocenters. The van der Waals surface area contributed by atoms with Crippen molar-refractivity contribution in [1.82, 2.24) is 10.2 Å². The molecule has 5 nitrogen and oxygen atoms in total. The van der Waals surface area contributed by atoms with E-state index < -0.39 is 12.0 Å². The molecule has 0 aliphatic heterocycles. The highest BCUT2D eigenvalue weighted by molar-refractivity contribution is 9.10. The fourth-order valence-electron chi connectivity index (χ4n) is 2.38. The van der Waals surface area contributed by atoms with Gasteiger partial charge in [0, 0.05) is 21.4 Å². The minimum Gasteiger partial charge on any atom is -0.378 e. The molecule has 0 saturated carbocycles. The molecule has 3 aromatic rings. The number of aliphatic hydroxyl groups is 1. The number of aliphatic hydroxyl groups excluding tert-OH is 1. The van der Waals surface area contributed by atoms with Crippen molar-refractivity contribution in [1.29, 1.82) is 0 Å². The summed E-state index contributed by atoms with van der Waals surface area (Å²) in [5.41, 5.74) is 4.18. The SMILES string of the molecule is Cc1[nH]ncc1-c1ccc(NC(=O)C(O)c2ccc(Br)cc2)cc1. The minimum atomic E-state index is -1.21. The number of anilines is 1. The number of amides is 1. The van der Waals surface area contributed by atoms with Crippen molar-refractivity contribution in [2.45, 2.75) is 13.0 Å². The number of aryl methyl sites for hydroxylation is 1. The third kappa shape index (κ3) is 3.55. The number of aromatic amines is 1. The van der Waals surface area contributed by atoms with Gasteiger partial charge in [-0.2, -0.15) is 5.10 Å². The van der Waals surface area contributed by atoms with Gasteiger partial charge in [-0.3, -0.25) is 9.89 Å². The number of benzene rings is 2. The number of carbonyl (C=O) groups is 1. The van der Waals surface area contributed by atoms with Gasteiger partial charge < -0.3 is 10.4 Å². The number of hydrogen-bond donors (Lipinski definition) is 3. The summed E-state index contributed by atoms with van der Waals surface area (Å²) in [4.78, 5) is 12.2. The van der Waals surface area contributed by atoms with E-state index in [1.807, 2.05) is 19.1 Å². The van der Waals surface area contributed by atoms with Crippen LogP contribution in [0.5, 0.6) is 0 Å². The van der Waals surface area contributed by atoms with E-state index in [-0.39, 0.29) is 0 Å². The zero-order chi connectivity index (χ0) is 17.1. The second-order valence-electron chi connectivity index (χ2n) is 5.43. The summed E-state index contributed by atoms with van der Waals surface area (Å²) >= 11 is 3.32. The molecule has 0 saturated heterocycles. The van der Waals surface area contributed by atoms with E-state index in [2.05, 4.69) is 31.4 Å². The van der Waals surface area contributed by atoms with E-state index in [1.54, 1.807) is 42.6 Å². The first kappa shape index (κ1) is 16.4. The van der Waals surface area contributed by atoms with Crippen molar-refractivity contribution in [2.75, 3.05) is 5.32 Å². The van der Waals surface area contributed by atoms with Crippen molar-refractivity contribution in [3.8, 4) is 11.1 Å². The normalized spacial score (nSPS) is 12.0. The Balaban J connectivity index is 1.70. The Bertz CT molecular complexity index is 841. The molecule has 1 aromatic heterocycles. The lowest BCUT2D eigenvalue weighted by atomic mass is 10.1. The summed E-state index contributed by atoms with van der Waals surface area (Å²) in [6.45, 7) is 1.95. The number of halogens is 1. The molecule has 1 heterocycles. The molecule has 3 rings (SSSR count). The molecule has 6 heteroatoms. The average molecular weight is 386 g/mol.